The molecule has 5 heteroatoms. The average Bonchev–Trinajstić information content (AvgIpc) is 2.38. The van der Waals surface area contributed by atoms with Crippen molar-refractivity contribution < 1.29 is 4.39 Å². The van der Waals surface area contributed by atoms with Crippen LogP contribution in [0, 0.1) is 6.92 Å². The highest BCUT2D eigenvalue weighted by molar-refractivity contribution is 5.53. The van der Waals surface area contributed by atoms with Gasteiger partial charge in [-0.15, -0.1) is 20.4 Å². The fraction of sp³-hybridized carbons (Fsp3) is 0.333. The first-order valence-electron chi connectivity index (χ1n) is 5.49. The molecule has 0 bridgehead atoms. The van der Waals surface area contributed by atoms with Gasteiger partial charge < -0.3 is 0 Å². The third-order valence-electron chi connectivity index (χ3n) is 2.36. The lowest BCUT2D eigenvalue weighted by molar-refractivity contribution is 0.467. The quantitative estimate of drug-likeness (QED) is 0.810. The first-order chi connectivity index (χ1) is 8.29. The molecule has 1 aromatic carbocycles. The van der Waals surface area contributed by atoms with Crippen LogP contribution in [0.15, 0.2) is 24.3 Å². The molecule has 0 saturated carbocycles. The van der Waals surface area contributed by atoms with Crippen LogP contribution in [0.2, 0.25) is 0 Å². The molecule has 0 saturated heterocycles. The Kier molecular flexibility index (Phi) is 3.69. The number of hydrogen-bond acceptors (Lipinski definition) is 4. The second-order valence-corrected chi connectivity index (χ2v) is 3.80. The van der Waals surface area contributed by atoms with Gasteiger partial charge in [0, 0.05) is 12.0 Å². The highest BCUT2D eigenvalue weighted by Gasteiger charge is 2.03. The van der Waals surface area contributed by atoms with E-state index in [0.717, 1.165) is 5.56 Å². The normalized spacial score (nSPS) is 10.5. The van der Waals surface area contributed by atoms with Crippen molar-refractivity contribution in [2.75, 3.05) is 6.67 Å². The molecule has 0 aliphatic heterocycles. The average molecular weight is 232 g/mol. The Hall–Kier alpha value is -1.91. The summed E-state index contributed by atoms with van der Waals surface area (Å²) >= 11 is 0. The molecule has 1 heterocycles. The second kappa shape index (κ2) is 5.43. The van der Waals surface area contributed by atoms with Gasteiger partial charge in [0.1, 0.15) is 0 Å². The minimum Gasteiger partial charge on any atom is -0.251 e. The van der Waals surface area contributed by atoms with E-state index in [0.29, 0.717) is 24.5 Å². The minimum absolute atomic E-state index is 0.372. The van der Waals surface area contributed by atoms with Gasteiger partial charge in [0.05, 0.1) is 6.67 Å². The van der Waals surface area contributed by atoms with Gasteiger partial charge in [-0.3, -0.25) is 4.39 Å². The third-order valence-corrected chi connectivity index (χ3v) is 2.36. The van der Waals surface area contributed by atoms with Crippen molar-refractivity contribution in [3.05, 3.63) is 35.7 Å². The van der Waals surface area contributed by atoms with Gasteiger partial charge in [-0.1, -0.05) is 29.8 Å². The lowest BCUT2D eigenvalue weighted by atomic mass is 10.1. The van der Waals surface area contributed by atoms with Gasteiger partial charge >= 0.3 is 0 Å². The zero-order valence-corrected chi connectivity index (χ0v) is 9.60. The molecule has 88 valence electrons. The van der Waals surface area contributed by atoms with Crippen LogP contribution >= 0.6 is 0 Å². The summed E-state index contributed by atoms with van der Waals surface area (Å²) in [5.41, 5.74) is 2.06. The summed E-state index contributed by atoms with van der Waals surface area (Å²) in [6.45, 7) is 1.64. The van der Waals surface area contributed by atoms with E-state index in [1.54, 1.807) is 0 Å². The number of hydrogen-bond donors (Lipinski definition) is 0. The van der Waals surface area contributed by atoms with E-state index in [2.05, 4.69) is 20.4 Å². The van der Waals surface area contributed by atoms with E-state index >= 15 is 0 Å². The van der Waals surface area contributed by atoms with Crippen molar-refractivity contribution in [1.29, 1.82) is 0 Å². The number of aromatic nitrogens is 4. The van der Waals surface area contributed by atoms with Gasteiger partial charge in [-0.2, -0.15) is 0 Å². The Morgan fingerprint density at radius 1 is 1.00 bits per heavy atom. The molecule has 0 amide bonds. The van der Waals surface area contributed by atoms with Crippen molar-refractivity contribution in [2.24, 2.45) is 0 Å². The van der Waals surface area contributed by atoms with E-state index in [1.807, 2.05) is 31.2 Å². The van der Waals surface area contributed by atoms with Crippen LogP contribution in [0.3, 0.4) is 0 Å². The predicted octanol–water partition coefficient (Wildman–Crippen LogP) is 2.14. The Bertz CT molecular complexity index is 467. The molecule has 2 rings (SSSR count). The minimum atomic E-state index is -0.372. The van der Waals surface area contributed by atoms with E-state index in [4.69, 9.17) is 0 Å². The number of alkyl halides is 1. The highest BCUT2D eigenvalue weighted by Crippen LogP contribution is 2.13. The van der Waals surface area contributed by atoms with Crippen LogP contribution in [-0.2, 0) is 6.42 Å². The van der Waals surface area contributed by atoms with Crippen LogP contribution in [-0.4, -0.2) is 27.1 Å². The number of benzene rings is 1. The molecule has 17 heavy (non-hydrogen) atoms. The Labute approximate surface area is 98.9 Å². The topological polar surface area (TPSA) is 51.6 Å². The third kappa shape index (κ3) is 3.03. The monoisotopic (exact) mass is 232 g/mol. The van der Waals surface area contributed by atoms with E-state index in [1.165, 1.54) is 5.56 Å². The molecule has 1 aromatic heterocycles. The number of rotatable bonds is 4. The van der Waals surface area contributed by atoms with Gasteiger partial charge in [-0.05, 0) is 13.3 Å². The van der Waals surface area contributed by atoms with Crippen molar-refractivity contribution in [3.8, 4) is 11.4 Å². The smallest absolute Gasteiger partial charge is 0.203 e. The summed E-state index contributed by atoms with van der Waals surface area (Å²) in [5, 5.41) is 15.8. The molecule has 4 nitrogen and oxygen atoms in total. The summed E-state index contributed by atoms with van der Waals surface area (Å²) < 4.78 is 12.0. The van der Waals surface area contributed by atoms with Gasteiger partial charge in [-0.25, -0.2) is 0 Å². The molecule has 0 fully saturated rings. The van der Waals surface area contributed by atoms with Crippen molar-refractivity contribution in [1.82, 2.24) is 20.4 Å². The first kappa shape index (κ1) is 11.6. The maximum absolute atomic E-state index is 12.0. The Morgan fingerprint density at radius 2 is 1.65 bits per heavy atom. The maximum Gasteiger partial charge on any atom is 0.203 e. The SMILES string of the molecule is Cc1ccc(-c2nnc(CCCF)nn2)cc1. The fourth-order valence-corrected chi connectivity index (χ4v) is 1.39. The molecule has 0 N–H and O–H groups in total. The fourth-order valence-electron chi connectivity index (χ4n) is 1.39. The first-order valence-corrected chi connectivity index (χ1v) is 5.49. The molecule has 0 radical (unpaired) electrons. The van der Waals surface area contributed by atoms with E-state index < -0.39 is 0 Å². The molecular formula is C12H13FN4. The van der Waals surface area contributed by atoms with E-state index in [-0.39, 0.29) is 6.67 Å². The lowest BCUT2D eigenvalue weighted by Gasteiger charge is -2.00. The second-order valence-electron chi connectivity index (χ2n) is 3.80. The highest BCUT2D eigenvalue weighted by atomic mass is 19.1. The molecule has 0 unspecified atom stereocenters. The summed E-state index contributed by atoms with van der Waals surface area (Å²) in [4.78, 5) is 0. The lowest BCUT2D eigenvalue weighted by Crippen LogP contribution is -2.03. The summed E-state index contributed by atoms with van der Waals surface area (Å²) in [7, 11) is 0. The zero-order valence-electron chi connectivity index (χ0n) is 9.60. The number of nitrogens with zero attached hydrogens (tertiary/aromatic N) is 4. The molecule has 2 aromatic rings. The van der Waals surface area contributed by atoms with Crippen LogP contribution in [0.25, 0.3) is 11.4 Å². The molecule has 0 spiro atoms. The number of halogens is 1. The molecule has 0 aliphatic rings. The van der Waals surface area contributed by atoms with Gasteiger partial charge in [0.15, 0.2) is 5.82 Å². The Morgan fingerprint density at radius 3 is 2.24 bits per heavy atom. The van der Waals surface area contributed by atoms with Crippen LogP contribution < -0.4 is 0 Å². The summed E-state index contributed by atoms with van der Waals surface area (Å²) in [6, 6.07) is 7.82. The zero-order chi connectivity index (χ0) is 12.1. The van der Waals surface area contributed by atoms with Crippen LogP contribution in [0.1, 0.15) is 17.8 Å². The predicted molar refractivity (Wildman–Crippen MR) is 62.1 cm³/mol. The van der Waals surface area contributed by atoms with Crippen molar-refractivity contribution in [2.45, 2.75) is 19.8 Å². The van der Waals surface area contributed by atoms with Crippen molar-refractivity contribution >= 4 is 0 Å². The standard InChI is InChI=1S/C12H13FN4/c1-9-4-6-10(7-5-9)12-16-14-11(15-17-12)3-2-8-13/h4-7H,2-3,8H2,1H3. The number of aryl methyl sites for hydroxylation is 2. The maximum atomic E-state index is 12.0. The molecular weight excluding hydrogens is 219 g/mol. The van der Waals surface area contributed by atoms with Crippen LogP contribution in [0.5, 0.6) is 0 Å². The van der Waals surface area contributed by atoms with E-state index in [9.17, 15) is 4.39 Å². The molecule has 0 atom stereocenters. The van der Waals surface area contributed by atoms with Gasteiger partial charge in [0.25, 0.3) is 0 Å². The Balaban J connectivity index is 2.14. The largest absolute Gasteiger partial charge is 0.251 e. The summed E-state index contributed by atoms with van der Waals surface area (Å²) in [6.07, 6.45) is 0.887. The summed E-state index contributed by atoms with van der Waals surface area (Å²) in [5.74, 6) is 0.979. The van der Waals surface area contributed by atoms with Crippen LogP contribution in [0.4, 0.5) is 4.39 Å². The van der Waals surface area contributed by atoms with Crippen molar-refractivity contribution in [3.63, 3.8) is 0 Å². The van der Waals surface area contributed by atoms with Gasteiger partial charge in [0.2, 0.25) is 5.82 Å². The molecule has 0 aliphatic carbocycles.